The minimum atomic E-state index is 0. The van der Waals surface area contributed by atoms with Crippen LogP contribution in [-0.4, -0.2) is 0 Å². The fraction of sp³-hybridized carbons (Fsp3) is 1.00. The molecule has 3 rings (SSSR count). The van der Waals surface area contributed by atoms with Gasteiger partial charge in [-0.1, -0.05) is 85.5 Å². The summed E-state index contributed by atoms with van der Waals surface area (Å²) in [7, 11) is 0. The molecule has 0 unspecified atom stereocenters. The van der Waals surface area contributed by atoms with Gasteiger partial charge in [0.15, 0.2) is 0 Å². The molecular formula is C23H50. The molecule has 0 aliphatic heterocycles. The number of rotatable bonds is 4. The molecule has 0 bridgehead atoms. The zero-order valence-electron chi connectivity index (χ0n) is 15.4. The van der Waals surface area contributed by atoms with Gasteiger partial charge in [0.1, 0.15) is 0 Å². The molecule has 0 N–H and O–H groups in total. The van der Waals surface area contributed by atoms with Gasteiger partial charge in [-0.3, -0.25) is 0 Å². The fourth-order valence-electron chi connectivity index (χ4n) is 5.79. The average Bonchev–Trinajstić information content (AvgIpc) is 2.56. The van der Waals surface area contributed by atoms with Crippen molar-refractivity contribution in [2.24, 2.45) is 35.5 Å². The second-order valence-corrected chi connectivity index (χ2v) is 9.50. The Morgan fingerprint density at radius 1 is 0.522 bits per heavy atom. The van der Waals surface area contributed by atoms with E-state index < -0.39 is 0 Å². The summed E-state index contributed by atoms with van der Waals surface area (Å²) in [6, 6.07) is 0. The van der Waals surface area contributed by atoms with E-state index in [-0.39, 0.29) is 11.7 Å². The molecule has 0 saturated heterocycles. The van der Waals surface area contributed by atoms with E-state index in [1.54, 1.807) is 51.4 Å². The van der Waals surface area contributed by atoms with Gasteiger partial charge >= 0.3 is 0 Å². The normalized spacial score (nSPS) is 42.0. The van der Waals surface area contributed by atoms with Gasteiger partial charge in [0.2, 0.25) is 0 Å². The summed E-state index contributed by atoms with van der Waals surface area (Å²) in [5.41, 5.74) is 0. The molecule has 0 atom stereocenters. The van der Waals surface area contributed by atoms with Crippen molar-refractivity contribution in [1.82, 2.24) is 0 Å². The van der Waals surface area contributed by atoms with Crippen LogP contribution in [0.5, 0.6) is 0 Å². The van der Waals surface area contributed by atoms with Crippen molar-refractivity contribution in [3.8, 4) is 0 Å². The minimum absolute atomic E-state index is 0. The molecule has 0 heteroatoms. The molecule has 3 aliphatic carbocycles. The lowest BCUT2D eigenvalue weighted by Gasteiger charge is -2.37. The Labute approximate surface area is 151 Å². The maximum Gasteiger partial charge on any atom is 0 e. The Balaban J connectivity index is 0. The monoisotopic (exact) mass is 326 g/mol. The van der Waals surface area contributed by atoms with Crippen LogP contribution in [-0.2, 0) is 0 Å². The highest BCUT2D eigenvalue weighted by atomic mass is 14.4. The average molecular weight is 327 g/mol. The third kappa shape index (κ3) is 5.79. The summed E-state index contributed by atoms with van der Waals surface area (Å²) in [4.78, 5) is 0. The Morgan fingerprint density at radius 3 is 1.26 bits per heavy atom. The van der Waals surface area contributed by atoms with Gasteiger partial charge in [-0.25, -0.2) is 0 Å². The standard InChI is InChI=1S/C22H40.CH4.3H2/c1-17-3-7-19(8-4-17)9-10-20-11-15-22(16-12-20)21-13-5-18(2)6-14-21;;;;/h17-22H,3-16H2,1-2H3;1H4;3*1H. The van der Waals surface area contributed by atoms with E-state index in [0.29, 0.717) is 0 Å². The lowest BCUT2D eigenvalue weighted by molar-refractivity contribution is 0.142. The molecule has 142 valence electrons. The molecule has 0 nitrogen and oxygen atoms in total. The predicted octanol–water partition coefficient (Wildman–Crippen LogP) is 8.60. The molecule has 0 aromatic rings. The third-order valence-electron chi connectivity index (χ3n) is 7.74. The van der Waals surface area contributed by atoms with E-state index in [1.807, 2.05) is 0 Å². The van der Waals surface area contributed by atoms with Crippen LogP contribution >= 0.6 is 0 Å². The van der Waals surface area contributed by atoms with Crippen molar-refractivity contribution in [2.75, 3.05) is 0 Å². The zero-order chi connectivity index (χ0) is 15.4. The summed E-state index contributed by atoms with van der Waals surface area (Å²) in [5.74, 6) is 6.44. The van der Waals surface area contributed by atoms with Crippen molar-refractivity contribution in [3.05, 3.63) is 0 Å². The number of hydrogen-bond acceptors (Lipinski definition) is 0. The first-order valence-electron chi connectivity index (χ1n) is 10.7. The highest BCUT2D eigenvalue weighted by molar-refractivity contribution is 4.82. The molecule has 23 heavy (non-hydrogen) atoms. The van der Waals surface area contributed by atoms with Crippen LogP contribution in [0.25, 0.3) is 0 Å². The highest BCUT2D eigenvalue weighted by Crippen LogP contribution is 2.43. The second-order valence-electron chi connectivity index (χ2n) is 9.50. The van der Waals surface area contributed by atoms with Crippen molar-refractivity contribution in [1.29, 1.82) is 0 Å². The highest BCUT2D eigenvalue weighted by Gasteiger charge is 2.30. The Bertz CT molecular complexity index is 309. The van der Waals surface area contributed by atoms with E-state index in [0.717, 1.165) is 35.5 Å². The molecule has 0 spiro atoms. The fourth-order valence-corrected chi connectivity index (χ4v) is 5.79. The summed E-state index contributed by atoms with van der Waals surface area (Å²) < 4.78 is 0. The number of hydrogen-bond donors (Lipinski definition) is 0. The maximum atomic E-state index is 2.46. The Morgan fingerprint density at radius 2 is 0.826 bits per heavy atom. The van der Waals surface area contributed by atoms with E-state index in [1.165, 1.54) is 38.5 Å². The molecule has 0 aromatic heterocycles. The lowest BCUT2D eigenvalue weighted by Crippen LogP contribution is -2.25. The topological polar surface area (TPSA) is 0 Å². The van der Waals surface area contributed by atoms with Crippen molar-refractivity contribution < 1.29 is 4.28 Å². The lowest BCUT2D eigenvalue weighted by atomic mass is 9.68. The molecule has 3 aliphatic rings. The zero-order valence-corrected chi connectivity index (χ0v) is 15.4. The van der Waals surface area contributed by atoms with Crippen LogP contribution < -0.4 is 0 Å². The van der Waals surface area contributed by atoms with E-state index >= 15 is 0 Å². The van der Waals surface area contributed by atoms with Gasteiger partial charge in [-0.15, -0.1) is 0 Å². The first kappa shape index (κ1) is 19.3. The molecular weight excluding hydrogens is 276 g/mol. The van der Waals surface area contributed by atoms with E-state index in [9.17, 15) is 0 Å². The van der Waals surface area contributed by atoms with Gasteiger partial charge in [0, 0.05) is 4.28 Å². The second kappa shape index (κ2) is 9.47. The van der Waals surface area contributed by atoms with E-state index in [2.05, 4.69) is 13.8 Å². The van der Waals surface area contributed by atoms with Gasteiger partial charge in [-0.05, 0) is 61.2 Å². The van der Waals surface area contributed by atoms with Crippen molar-refractivity contribution >= 4 is 0 Å². The minimum Gasteiger partial charge on any atom is -0.0776 e. The Hall–Kier alpha value is 0. The summed E-state index contributed by atoms with van der Waals surface area (Å²) >= 11 is 0. The van der Waals surface area contributed by atoms with Crippen LogP contribution in [0, 0.1) is 35.5 Å². The quantitative estimate of drug-likeness (QED) is 0.485. The van der Waals surface area contributed by atoms with Crippen LogP contribution in [0.2, 0.25) is 0 Å². The smallest absolute Gasteiger partial charge is 0 e. The van der Waals surface area contributed by atoms with Crippen LogP contribution in [0.15, 0.2) is 0 Å². The van der Waals surface area contributed by atoms with Crippen LogP contribution in [0.3, 0.4) is 0 Å². The van der Waals surface area contributed by atoms with Crippen LogP contribution in [0.1, 0.15) is 115 Å². The largest absolute Gasteiger partial charge is 0.0776 e. The van der Waals surface area contributed by atoms with Gasteiger partial charge < -0.3 is 0 Å². The first-order chi connectivity index (χ1) is 10.7. The summed E-state index contributed by atoms with van der Waals surface area (Å²) in [5, 5.41) is 0. The molecule has 0 radical (unpaired) electrons. The SMILES string of the molecule is C.CC1CCC(CCC2CCC(C3CCC(C)CC3)CC2)CC1.[HH].[HH].[HH]. The maximum absolute atomic E-state index is 2.46. The first-order valence-corrected chi connectivity index (χ1v) is 10.7. The molecule has 0 amide bonds. The molecule has 0 heterocycles. The van der Waals surface area contributed by atoms with Crippen molar-refractivity contribution in [2.45, 2.75) is 111 Å². The Kier molecular flexibility index (Phi) is 7.96. The molecule has 0 aromatic carbocycles. The van der Waals surface area contributed by atoms with E-state index in [4.69, 9.17) is 0 Å². The summed E-state index contributed by atoms with van der Waals surface area (Å²) in [6.07, 6.45) is 21.7. The van der Waals surface area contributed by atoms with Crippen molar-refractivity contribution in [3.63, 3.8) is 0 Å². The van der Waals surface area contributed by atoms with Crippen LogP contribution in [0.4, 0.5) is 0 Å². The predicted molar refractivity (Wildman–Crippen MR) is 110 cm³/mol. The van der Waals surface area contributed by atoms with Gasteiger partial charge in [-0.2, -0.15) is 0 Å². The summed E-state index contributed by atoms with van der Waals surface area (Å²) in [6.45, 7) is 4.91. The van der Waals surface area contributed by atoms with Gasteiger partial charge in [0.05, 0.1) is 0 Å². The third-order valence-corrected chi connectivity index (χ3v) is 7.74. The van der Waals surface area contributed by atoms with Gasteiger partial charge in [0.25, 0.3) is 0 Å². The molecule has 3 saturated carbocycles. The molecule has 3 fully saturated rings.